The molecule has 0 aromatic carbocycles. The lowest BCUT2D eigenvalue weighted by atomic mass is 9.70. The molecule has 1 heteroatoms. The molecular weight excluding hydrogens is 208 g/mol. The monoisotopic (exact) mass is 236 g/mol. The minimum Gasteiger partial charge on any atom is -0.381 e. The van der Waals surface area contributed by atoms with Gasteiger partial charge >= 0.3 is 0 Å². The molecule has 2 aliphatic rings. The summed E-state index contributed by atoms with van der Waals surface area (Å²) in [5, 5.41) is 0. The summed E-state index contributed by atoms with van der Waals surface area (Å²) in [7, 11) is 1.87. The standard InChI is InChI=1S/C16H28O/c1-3-4-13-5-7-14(8-6-13)15-9-11-16(17-2)12-10-15/h3-4,13-16H,5-12H2,1-2H3/b4-3+/t13-,14-,15-,16-. The van der Waals surface area contributed by atoms with Crippen LogP contribution >= 0.6 is 0 Å². The van der Waals surface area contributed by atoms with E-state index in [2.05, 4.69) is 19.1 Å². The highest BCUT2D eigenvalue weighted by Crippen LogP contribution is 2.40. The van der Waals surface area contributed by atoms with Crippen molar-refractivity contribution in [1.82, 2.24) is 0 Å². The summed E-state index contributed by atoms with van der Waals surface area (Å²) in [5.74, 6) is 2.91. The Morgan fingerprint density at radius 3 is 1.82 bits per heavy atom. The Morgan fingerprint density at radius 2 is 1.35 bits per heavy atom. The molecule has 2 fully saturated rings. The first-order valence-corrected chi connectivity index (χ1v) is 7.49. The molecule has 1 nitrogen and oxygen atoms in total. The Hall–Kier alpha value is -0.300. The smallest absolute Gasteiger partial charge is 0.0571 e. The lowest BCUT2D eigenvalue weighted by Crippen LogP contribution is -2.27. The number of ether oxygens (including phenoxy) is 1. The van der Waals surface area contributed by atoms with Gasteiger partial charge in [0.15, 0.2) is 0 Å². The predicted octanol–water partition coefficient (Wildman–Crippen LogP) is 4.57. The second-order valence-corrected chi connectivity index (χ2v) is 5.97. The highest BCUT2D eigenvalue weighted by atomic mass is 16.5. The Morgan fingerprint density at radius 1 is 0.824 bits per heavy atom. The fourth-order valence-electron chi connectivity index (χ4n) is 3.88. The van der Waals surface area contributed by atoms with Gasteiger partial charge in [0.1, 0.15) is 0 Å². The first-order chi connectivity index (χ1) is 8.33. The third kappa shape index (κ3) is 3.58. The van der Waals surface area contributed by atoms with Crippen molar-refractivity contribution in [3.8, 4) is 0 Å². The molecule has 98 valence electrons. The topological polar surface area (TPSA) is 9.23 Å². The molecule has 2 saturated carbocycles. The van der Waals surface area contributed by atoms with Gasteiger partial charge in [-0.25, -0.2) is 0 Å². The van der Waals surface area contributed by atoms with Crippen molar-refractivity contribution in [1.29, 1.82) is 0 Å². The van der Waals surface area contributed by atoms with Gasteiger partial charge in [0.25, 0.3) is 0 Å². The molecule has 0 aromatic heterocycles. The second kappa shape index (κ2) is 6.58. The van der Waals surface area contributed by atoms with E-state index >= 15 is 0 Å². The maximum Gasteiger partial charge on any atom is 0.0571 e. The first kappa shape index (κ1) is 13.1. The summed E-state index contributed by atoms with van der Waals surface area (Å²) in [5.41, 5.74) is 0. The lowest BCUT2D eigenvalue weighted by molar-refractivity contribution is 0.0405. The van der Waals surface area contributed by atoms with Crippen LogP contribution in [0.4, 0.5) is 0 Å². The van der Waals surface area contributed by atoms with E-state index in [4.69, 9.17) is 4.74 Å². The van der Waals surface area contributed by atoms with Gasteiger partial charge < -0.3 is 4.74 Å². The largest absolute Gasteiger partial charge is 0.381 e. The van der Waals surface area contributed by atoms with Gasteiger partial charge in [0.2, 0.25) is 0 Å². The summed E-state index contributed by atoms with van der Waals surface area (Å²) < 4.78 is 5.47. The van der Waals surface area contributed by atoms with E-state index in [1.807, 2.05) is 7.11 Å². The number of rotatable bonds is 3. The molecule has 0 unspecified atom stereocenters. The third-order valence-electron chi connectivity index (χ3n) is 5.00. The van der Waals surface area contributed by atoms with Crippen LogP contribution in [0.3, 0.4) is 0 Å². The number of allylic oxidation sites excluding steroid dienone is 2. The highest BCUT2D eigenvalue weighted by molar-refractivity contribution is 4.90. The molecule has 0 heterocycles. The molecule has 0 aromatic rings. The van der Waals surface area contributed by atoms with Crippen LogP contribution in [-0.2, 0) is 4.74 Å². The minimum absolute atomic E-state index is 0.561. The molecule has 2 aliphatic carbocycles. The van der Waals surface area contributed by atoms with E-state index in [1.165, 1.54) is 51.4 Å². The average Bonchev–Trinajstić information content (AvgIpc) is 2.40. The minimum atomic E-state index is 0.561. The van der Waals surface area contributed by atoms with Crippen LogP contribution in [0.2, 0.25) is 0 Å². The highest BCUT2D eigenvalue weighted by Gasteiger charge is 2.30. The van der Waals surface area contributed by atoms with Gasteiger partial charge in [0.05, 0.1) is 6.10 Å². The van der Waals surface area contributed by atoms with E-state index < -0.39 is 0 Å². The van der Waals surface area contributed by atoms with E-state index in [1.54, 1.807) is 0 Å². The summed E-state index contributed by atoms with van der Waals surface area (Å²) in [6.07, 6.45) is 16.4. The summed E-state index contributed by atoms with van der Waals surface area (Å²) in [6.45, 7) is 2.15. The molecule has 0 amide bonds. The van der Waals surface area contributed by atoms with E-state index in [0.717, 1.165) is 17.8 Å². The maximum absolute atomic E-state index is 5.47. The van der Waals surface area contributed by atoms with Crippen LogP contribution in [0.25, 0.3) is 0 Å². The molecule has 2 rings (SSSR count). The molecule has 0 radical (unpaired) electrons. The van der Waals surface area contributed by atoms with Gasteiger partial charge in [-0.15, -0.1) is 0 Å². The van der Waals surface area contributed by atoms with Crippen molar-refractivity contribution in [3.63, 3.8) is 0 Å². The zero-order valence-corrected chi connectivity index (χ0v) is 11.5. The quantitative estimate of drug-likeness (QED) is 0.652. The first-order valence-electron chi connectivity index (χ1n) is 7.49. The molecule has 0 spiro atoms. The molecule has 0 N–H and O–H groups in total. The number of hydrogen-bond acceptors (Lipinski definition) is 1. The van der Waals surface area contributed by atoms with Crippen molar-refractivity contribution in [2.45, 2.75) is 64.4 Å². The summed E-state index contributed by atoms with van der Waals surface area (Å²) in [6, 6.07) is 0. The predicted molar refractivity (Wildman–Crippen MR) is 73.0 cm³/mol. The van der Waals surface area contributed by atoms with Crippen LogP contribution in [0, 0.1) is 17.8 Å². The fraction of sp³-hybridized carbons (Fsp3) is 0.875. The van der Waals surface area contributed by atoms with Gasteiger partial charge in [-0.3, -0.25) is 0 Å². The van der Waals surface area contributed by atoms with E-state index in [-0.39, 0.29) is 0 Å². The van der Waals surface area contributed by atoms with Crippen molar-refractivity contribution in [2.75, 3.05) is 7.11 Å². The molecule has 0 aliphatic heterocycles. The fourth-order valence-corrected chi connectivity index (χ4v) is 3.88. The van der Waals surface area contributed by atoms with Gasteiger partial charge in [-0.1, -0.05) is 12.2 Å². The molecule has 0 atom stereocenters. The van der Waals surface area contributed by atoms with Crippen molar-refractivity contribution < 1.29 is 4.74 Å². The van der Waals surface area contributed by atoms with Crippen molar-refractivity contribution in [2.24, 2.45) is 17.8 Å². The number of methoxy groups -OCH3 is 1. The van der Waals surface area contributed by atoms with Crippen LogP contribution in [-0.4, -0.2) is 13.2 Å². The Kier molecular flexibility index (Phi) is 5.09. The zero-order chi connectivity index (χ0) is 12.1. The van der Waals surface area contributed by atoms with Crippen LogP contribution < -0.4 is 0 Å². The van der Waals surface area contributed by atoms with Gasteiger partial charge in [0, 0.05) is 7.11 Å². The normalized spacial score (nSPS) is 39.6. The summed E-state index contributed by atoms with van der Waals surface area (Å²) in [4.78, 5) is 0. The summed E-state index contributed by atoms with van der Waals surface area (Å²) >= 11 is 0. The Labute approximate surface area is 107 Å². The van der Waals surface area contributed by atoms with Gasteiger partial charge in [-0.2, -0.15) is 0 Å². The van der Waals surface area contributed by atoms with Crippen molar-refractivity contribution in [3.05, 3.63) is 12.2 Å². The van der Waals surface area contributed by atoms with Gasteiger partial charge in [-0.05, 0) is 76.0 Å². The average molecular weight is 236 g/mol. The molecule has 0 saturated heterocycles. The molecule has 17 heavy (non-hydrogen) atoms. The third-order valence-corrected chi connectivity index (χ3v) is 5.00. The zero-order valence-electron chi connectivity index (χ0n) is 11.5. The second-order valence-electron chi connectivity index (χ2n) is 5.97. The van der Waals surface area contributed by atoms with E-state index in [9.17, 15) is 0 Å². The van der Waals surface area contributed by atoms with E-state index in [0.29, 0.717) is 6.10 Å². The van der Waals surface area contributed by atoms with Crippen LogP contribution in [0.15, 0.2) is 12.2 Å². The maximum atomic E-state index is 5.47. The number of hydrogen-bond donors (Lipinski definition) is 0. The Balaban J connectivity index is 1.74. The van der Waals surface area contributed by atoms with Crippen LogP contribution in [0.1, 0.15) is 58.3 Å². The van der Waals surface area contributed by atoms with Crippen molar-refractivity contribution >= 4 is 0 Å². The van der Waals surface area contributed by atoms with Crippen LogP contribution in [0.5, 0.6) is 0 Å². The Bertz CT molecular complexity index is 230. The SMILES string of the molecule is C/C=C/[C@H]1CC[C@H]([C@H]2CC[C@H](OC)CC2)CC1. The molecular formula is C16H28O. The molecule has 0 bridgehead atoms. The lowest BCUT2D eigenvalue weighted by Gasteiger charge is -2.37.